The van der Waals surface area contributed by atoms with Gasteiger partial charge in [-0.1, -0.05) is 28.9 Å². The Morgan fingerprint density at radius 2 is 1.90 bits per heavy atom. The lowest BCUT2D eigenvalue weighted by Gasteiger charge is -2.08. The SMILES string of the molecule is Cc1ccc(C)c(CC(=O)Nc2onc(-c3ccc(F)c(C)c3)c2-c2ccncn2)c1. The minimum Gasteiger partial charge on any atom is -0.337 e. The quantitative estimate of drug-likeness (QED) is 0.493. The van der Waals surface area contributed by atoms with Crippen LogP contribution in [-0.2, 0) is 11.2 Å². The van der Waals surface area contributed by atoms with E-state index in [1.54, 1.807) is 31.3 Å². The summed E-state index contributed by atoms with van der Waals surface area (Å²) in [5.74, 6) is -0.356. The van der Waals surface area contributed by atoms with Crippen LogP contribution in [0.3, 0.4) is 0 Å². The molecule has 0 saturated heterocycles. The Hall–Kier alpha value is -3.87. The highest BCUT2D eigenvalue weighted by atomic mass is 19.1. The minimum atomic E-state index is -0.308. The number of rotatable bonds is 5. The number of nitrogens with one attached hydrogen (secondary N) is 1. The lowest BCUT2D eigenvalue weighted by Crippen LogP contribution is -2.15. The van der Waals surface area contributed by atoms with Crippen LogP contribution in [0, 0.1) is 26.6 Å². The number of nitrogens with zero attached hydrogens (tertiary/aromatic N) is 3. The molecule has 2 aromatic heterocycles. The molecule has 0 atom stereocenters. The minimum absolute atomic E-state index is 0.186. The van der Waals surface area contributed by atoms with Crippen LogP contribution >= 0.6 is 0 Å². The van der Waals surface area contributed by atoms with Crippen LogP contribution in [0.4, 0.5) is 10.3 Å². The van der Waals surface area contributed by atoms with E-state index in [9.17, 15) is 9.18 Å². The Kier molecular flexibility index (Phi) is 5.58. The van der Waals surface area contributed by atoms with Gasteiger partial charge in [-0.2, -0.15) is 0 Å². The summed E-state index contributed by atoms with van der Waals surface area (Å²) < 4.78 is 19.3. The Morgan fingerprint density at radius 3 is 2.65 bits per heavy atom. The van der Waals surface area contributed by atoms with Gasteiger partial charge in [-0.3, -0.25) is 10.1 Å². The fourth-order valence-electron chi connectivity index (χ4n) is 3.38. The first-order valence-electron chi connectivity index (χ1n) is 9.81. The normalized spacial score (nSPS) is 10.8. The van der Waals surface area contributed by atoms with Crippen LogP contribution in [0.2, 0.25) is 0 Å². The molecule has 1 amide bonds. The molecule has 7 heteroatoms. The van der Waals surface area contributed by atoms with Crippen LogP contribution in [0.1, 0.15) is 22.3 Å². The van der Waals surface area contributed by atoms with Crippen molar-refractivity contribution in [3.05, 3.63) is 83.1 Å². The average molecular weight is 416 g/mol. The molecule has 0 aliphatic heterocycles. The molecule has 6 nitrogen and oxygen atoms in total. The molecule has 2 aromatic carbocycles. The largest absolute Gasteiger partial charge is 0.337 e. The maximum atomic E-state index is 13.8. The number of benzene rings is 2. The van der Waals surface area contributed by atoms with Gasteiger partial charge in [0.15, 0.2) is 0 Å². The smallest absolute Gasteiger partial charge is 0.241 e. The number of carbonyl (C=O) groups is 1. The zero-order chi connectivity index (χ0) is 22.0. The van der Waals surface area contributed by atoms with Crippen LogP contribution in [0.25, 0.3) is 22.5 Å². The van der Waals surface area contributed by atoms with Gasteiger partial charge in [0.25, 0.3) is 0 Å². The summed E-state index contributed by atoms with van der Waals surface area (Å²) in [6.07, 6.45) is 3.20. The van der Waals surface area contributed by atoms with Crippen molar-refractivity contribution in [3.8, 4) is 22.5 Å². The fraction of sp³-hybridized carbons (Fsp3) is 0.167. The molecule has 0 bridgehead atoms. The summed E-state index contributed by atoms with van der Waals surface area (Å²) in [6.45, 7) is 5.63. The van der Waals surface area contributed by atoms with Gasteiger partial charge in [-0.25, -0.2) is 14.4 Å². The monoisotopic (exact) mass is 416 g/mol. The topological polar surface area (TPSA) is 80.9 Å². The third-order valence-electron chi connectivity index (χ3n) is 5.07. The van der Waals surface area contributed by atoms with E-state index < -0.39 is 0 Å². The first kappa shape index (κ1) is 20.4. The van der Waals surface area contributed by atoms with Gasteiger partial charge in [-0.05, 0) is 61.7 Å². The van der Waals surface area contributed by atoms with Gasteiger partial charge in [0.1, 0.15) is 17.8 Å². The number of halogens is 1. The number of hydrogen-bond acceptors (Lipinski definition) is 5. The van der Waals surface area contributed by atoms with Crippen LogP contribution in [-0.4, -0.2) is 21.0 Å². The van der Waals surface area contributed by atoms with Gasteiger partial charge >= 0.3 is 0 Å². The number of aryl methyl sites for hydroxylation is 3. The van der Waals surface area contributed by atoms with Gasteiger partial charge in [-0.15, -0.1) is 0 Å². The number of anilines is 1. The number of amides is 1. The molecule has 1 N–H and O–H groups in total. The summed E-state index contributed by atoms with van der Waals surface area (Å²) in [7, 11) is 0. The van der Waals surface area contributed by atoms with Crippen molar-refractivity contribution in [2.24, 2.45) is 0 Å². The van der Waals surface area contributed by atoms with E-state index in [2.05, 4.69) is 20.4 Å². The predicted molar refractivity (Wildman–Crippen MR) is 116 cm³/mol. The van der Waals surface area contributed by atoms with E-state index in [0.717, 1.165) is 16.7 Å². The van der Waals surface area contributed by atoms with Gasteiger partial charge < -0.3 is 4.52 Å². The summed E-state index contributed by atoms with van der Waals surface area (Å²) in [6, 6.07) is 12.4. The van der Waals surface area contributed by atoms with Crippen molar-refractivity contribution in [1.82, 2.24) is 15.1 Å². The van der Waals surface area contributed by atoms with Crippen molar-refractivity contribution < 1.29 is 13.7 Å². The van der Waals surface area contributed by atoms with Crippen LogP contribution in [0.5, 0.6) is 0 Å². The predicted octanol–water partition coefficient (Wildman–Crippen LogP) is 5.04. The maximum absolute atomic E-state index is 13.8. The molecule has 4 aromatic rings. The highest BCUT2D eigenvalue weighted by Gasteiger charge is 2.23. The number of hydrogen-bond donors (Lipinski definition) is 1. The summed E-state index contributed by atoms with van der Waals surface area (Å²) >= 11 is 0. The van der Waals surface area contributed by atoms with Crippen molar-refractivity contribution in [3.63, 3.8) is 0 Å². The van der Waals surface area contributed by atoms with Gasteiger partial charge in [0, 0.05) is 11.8 Å². The van der Waals surface area contributed by atoms with E-state index in [1.165, 1.54) is 12.4 Å². The third kappa shape index (κ3) is 4.35. The summed E-state index contributed by atoms with van der Waals surface area (Å²) in [4.78, 5) is 21.0. The average Bonchev–Trinajstić information content (AvgIpc) is 3.16. The Morgan fingerprint density at radius 1 is 1.06 bits per heavy atom. The second kappa shape index (κ2) is 8.47. The zero-order valence-corrected chi connectivity index (χ0v) is 17.4. The molecule has 0 fully saturated rings. The van der Waals surface area contributed by atoms with Gasteiger partial charge in [0.05, 0.1) is 17.7 Å². The fourth-order valence-corrected chi connectivity index (χ4v) is 3.38. The molecule has 31 heavy (non-hydrogen) atoms. The van der Waals surface area contributed by atoms with E-state index in [0.29, 0.717) is 28.1 Å². The highest BCUT2D eigenvalue weighted by Crippen LogP contribution is 2.37. The van der Waals surface area contributed by atoms with E-state index >= 15 is 0 Å². The first-order chi connectivity index (χ1) is 14.9. The lowest BCUT2D eigenvalue weighted by atomic mass is 10.0. The van der Waals surface area contributed by atoms with Crippen molar-refractivity contribution in [2.45, 2.75) is 27.2 Å². The Bertz CT molecular complexity index is 1250. The molecule has 0 saturated carbocycles. The molecule has 0 aliphatic carbocycles. The molecule has 0 unspecified atom stereocenters. The first-order valence-corrected chi connectivity index (χ1v) is 9.81. The molecule has 2 heterocycles. The molecule has 0 radical (unpaired) electrons. The zero-order valence-electron chi connectivity index (χ0n) is 17.4. The molecular formula is C24H21FN4O2. The van der Waals surface area contributed by atoms with Crippen LogP contribution < -0.4 is 5.32 Å². The van der Waals surface area contributed by atoms with Crippen molar-refractivity contribution >= 4 is 11.8 Å². The molecular weight excluding hydrogens is 395 g/mol. The maximum Gasteiger partial charge on any atom is 0.241 e. The van der Waals surface area contributed by atoms with E-state index in [4.69, 9.17) is 4.52 Å². The summed E-state index contributed by atoms with van der Waals surface area (Å²) in [5, 5.41) is 6.97. The standard InChI is InChI=1S/C24H21FN4O2/c1-14-4-5-15(2)18(10-14)12-21(30)28-24-22(20-8-9-26-13-27-20)23(29-31-24)17-6-7-19(25)16(3)11-17/h4-11,13H,12H2,1-3H3,(H,28,30). The van der Waals surface area contributed by atoms with Crippen LogP contribution in [0.15, 0.2) is 59.5 Å². The lowest BCUT2D eigenvalue weighted by molar-refractivity contribution is -0.115. The number of aromatic nitrogens is 3. The highest BCUT2D eigenvalue weighted by molar-refractivity contribution is 5.97. The molecule has 0 spiro atoms. The summed E-state index contributed by atoms with van der Waals surface area (Å²) in [5.41, 5.74) is 5.72. The Labute approximate surface area is 179 Å². The molecule has 156 valence electrons. The van der Waals surface area contributed by atoms with Crippen molar-refractivity contribution in [1.29, 1.82) is 0 Å². The molecule has 4 rings (SSSR count). The Balaban J connectivity index is 1.71. The second-order valence-corrected chi connectivity index (χ2v) is 7.45. The number of carbonyl (C=O) groups excluding carboxylic acids is 1. The van der Waals surface area contributed by atoms with E-state index in [1.807, 2.05) is 32.0 Å². The van der Waals surface area contributed by atoms with Crippen molar-refractivity contribution in [2.75, 3.05) is 5.32 Å². The second-order valence-electron chi connectivity index (χ2n) is 7.45. The van der Waals surface area contributed by atoms with Gasteiger partial charge in [0.2, 0.25) is 11.8 Å². The third-order valence-corrected chi connectivity index (χ3v) is 5.07. The van der Waals surface area contributed by atoms with E-state index in [-0.39, 0.29) is 24.0 Å². The molecule has 0 aliphatic rings.